The quantitative estimate of drug-likeness (QED) is 0.583. The topological polar surface area (TPSA) is 55.8 Å². The van der Waals surface area contributed by atoms with Gasteiger partial charge in [-0.2, -0.15) is 0 Å². The first-order valence-corrected chi connectivity index (χ1v) is 10.6. The van der Waals surface area contributed by atoms with Crippen LogP contribution in [-0.4, -0.2) is 37.5 Å². The van der Waals surface area contributed by atoms with Gasteiger partial charge in [-0.3, -0.25) is 4.79 Å². The molecule has 4 aliphatic rings. The second kappa shape index (κ2) is 7.13. The van der Waals surface area contributed by atoms with Crippen LogP contribution in [0.15, 0.2) is 23.3 Å². The molecule has 0 aliphatic heterocycles. The predicted octanol–water partition coefficient (Wildman–Crippen LogP) is 4.04. The van der Waals surface area contributed by atoms with Gasteiger partial charge in [0.15, 0.2) is 5.78 Å². The lowest BCUT2D eigenvalue weighted by Crippen LogP contribution is -2.50. The summed E-state index contributed by atoms with van der Waals surface area (Å²) in [4.78, 5) is 12.3. The van der Waals surface area contributed by atoms with Gasteiger partial charge in [0.05, 0.1) is 6.10 Å². The van der Waals surface area contributed by atoms with Gasteiger partial charge in [0, 0.05) is 7.11 Å². The molecule has 1 unspecified atom stereocenters. The van der Waals surface area contributed by atoms with E-state index in [-0.39, 0.29) is 29.3 Å². The zero-order valence-electron chi connectivity index (χ0n) is 17.0. The maximum absolute atomic E-state index is 12.3. The normalized spacial score (nSPS) is 43.3. The molecule has 4 nitrogen and oxygen atoms in total. The molecule has 0 bridgehead atoms. The third-order valence-electron chi connectivity index (χ3n) is 8.51. The van der Waals surface area contributed by atoms with Crippen LogP contribution in [0.2, 0.25) is 0 Å². The first-order valence-electron chi connectivity index (χ1n) is 10.6. The number of allylic oxidation sites excluding steroid dienone is 2. The largest absolute Gasteiger partial charge is 0.388 e. The van der Waals surface area contributed by atoms with Gasteiger partial charge in [-0.1, -0.05) is 31.6 Å². The summed E-state index contributed by atoms with van der Waals surface area (Å²) in [5.41, 5.74) is 2.74. The Kier molecular flexibility index (Phi) is 5.11. The highest BCUT2D eigenvalue weighted by Crippen LogP contribution is 2.65. The summed E-state index contributed by atoms with van der Waals surface area (Å²) in [5.74, 6) is 1.83. The maximum atomic E-state index is 12.3. The number of carbonyl (C=O) groups is 1. The number of hydrogen-bond donors (Lipinski definition) is 1. The van der Waals surface area contributed by atoms with Crippen molar-refractivity contribution in [2.24, 2.45) is 28.6 Å². The lowest BCUT2D eigenvalue weighted by atomic mass is 9.47. The average molecular weight is 375 g/mol. The van der Waals surface area contributed by atoms with Gasteiger partial charge in [0.1, 0.15) is 13.4 Å². The Morgan fingerprint density at radius 2 is 1.93 bits per heavy atom. The third-order valence-corrected chi connectivity index (χ3v) is 8.51. The Morgan fingerprint density at radius 3 is 2.67 bits per heavy atom. The molecule has 0 amide bonds. The van der Waals surface area contributed by atoms with Crippen LogP contribution in [0.1, 0.15) is 58.8 Å². The fraction of sp³-hybridized carbons (Fsp3) is 0.783. The molecule has 4 aliphatic carbocycles. The molecule has 0 aromatic heterocycles. The second-order valence-corrected chi connectivity index (χ2v) is 9.59. The lowest BCUT2D eigenvalue weighted by molar-refractivity contribution is -0.120. The molecular weight excluding hydrogens is 340 g/mol. The Hall–Kier alpha value is -0.970. The minimum absolute atomic E-state index is 0.0402. The highest BCUT2D eigenvalue weighted by Gasteiger charge is 2.57. The molecule has 1 N–H and O–H groups in total. The standard InChI is InChI=1S/C23H34O4/c1-22-10-8-16(27-14-26-3)12-15(22)4-5-17-18-6-7-20(21(25)13-24)23(18,2)11-9-19(17)22/h4,7,16-19,24H,5-6,8-14H2,1-3H3/t16?,17-,18-,19-,22-,23-/m0/s1. The van der Waals surface area contributed by atoms with Crippen LogP contribution >= 0.6 is 0 Å². The minimum Gasteiger partial charge on any atom is -0.388 e. The van der Waals surface area contributed by atoms with E-state index in [1.54, 1.807) is 12.7 Å². The second-order valence-electron chi connectivity index (χ2n) is 9.59. The fourth-order valence-corrected chi connectivity index (χ4v) is 7.02. The average Bonchev–Trinajstić information content (AvgIpc) is 3.02. The Morgan fingerprint density at radius 1 is 1.15 bits per heavy atom. The molecule has 27 heavy (non-hydrogen) atoms. The summed E-state index contributed by atoms with van der Waals surface area (Å²) in [6.45, 7) is 4.78. The number of ether oxygens (including phenoxy) is 2. The molecule has 150 valence electrons. The Balaban J connectivity index is 1.55. The summed E-state index contributed by atoms with van der Waals surface area (Å²) in [7, 11) is 1.68. The number of carbonyl (C=O) groups excluding carboxylic acids is 1. The molecule has 0 saturated heterocycles. The molecule has 0 heterocycles. The molecule has 0 aromatic rings. The van der Waals surface area contributed by atoms with Gasteiger partial charge in [-0.05, 0) is 79.1 Å². The van der Waals surface area contributed by atoms with E-state index in [0.717, 1.165) is 37.7 Å². The first kappa shape index (κ1) is 19.4. The fourth-order valence-electron chi connectivity index (χ4n) is 7.02. The zero-order valence-corrected chi connectivity index (χ0v) is 17.0. The van der Waals surface area contributed by atoms with Crippen LogP contribution < -0.4 is 0 Å². The lowest BCUT2D eigenvalue weighted by Gasteiger charge is -2.57. The number of rotatable bonds is 5. The SMILES string of the molecule is COCOC1CC[C@@]2(C)C(=CC[C@@H]3[C@@H]2CC[C@]2(C)C(C(=O)CO)=CC[C@@H]32)C1. The van der Waals surface area contributed by atoms with Crippen molar-refractivity contribution in [2.45, 2.75) is 64.9 Å². The van der Waals surface area contributed by atoms with Gasteiger partial charge in [0.25, 0.3) is 0 Å². The molecular formula is C23H34O4. The van der Waals surface area contributed by atoms with E-state index in [1.807, 2.05) is 0 Å². The van der Waals surface area contributed by atoms with Crippen LogP contribution in [0.3, 0.4) is 0 Å². The van der Waals surface area contributed by atoms with E-state index in [9.17, 15) is 9.90 Å². The minimum atomic E-state index is -0.354. The third kappa shape index (κ3) is 2.95. The molecule has 0 aromatic carbocycles. The van der Waals surface area contributed by atoms with Crippen molar-refractivity contribution in [2.75, 3.05) is 20.5 Å². The highest BCUT2D eigenvalue weighted by atomic mass is 16.7. The summed E-state index contributed by atoms with van der Waals surface area (Å²) >= 11 is 0. The van der Waals surface area contributed by atoms with E-state index < -0.39 is 0 Å². The van der Waals surface area contributed by atoms with Crippen molar-refractivity contribution in [3.05, 3.63) is 23.3 Å². The van der Waals surface area contributed by atoms with Crippen molar-refractivity contribution >= 4 is 5.78 Å². The highest BCUT2D eigenvalue weighted by molar-refractivity contribution is 5.98. The van der Waals surface area contributed by atoms with Gasteiger partial charge in [0.2, 0.25) is 0 Å². The van der Waals surface area contributed by atoms with E-state index >= 15 is 0 Å². The predicted molar refractivity (Wildman–Crippen MR) is 104 cm³/mol. The number of hydrogen-bond acceptors (Lipinski definition) is 4. The number of Topliss-reactive ketones (excluding diaryl/α,β-unsaturated/α-hetero) is 1. The molecule has 4 heteroatoms. The summed E-state index contributed by atoms with van der Waals surface area (Å²) in [6.07, 6.45) is 12.6. The van der Waals surface area contributed by atoms with Gasteiger partial charge in [-0.15, -0.1) is 0 Å². The van der Waals surface area contributed by atoms with Crippen molar-refractivity contribution in [3.8, 4) is 0 Å². The van der Waals surface area contributed by atoms with E-state index in [1.165, 1.54) is 12.8 Å². The number of fused-ring (bicyclic) bond motifs is 5. The summed E-state index contributed by atoms with van der Waals surface area (Å²) < 4.78 is 11.0. The molecule has 2 saturated carbocycles. The summed E-state index contributed by atoms with van der Waals surface area (Å²) in [5, 5.41) is 9.39. The maximum Gasteiger partial charge on any atom is 0.184 e. The zero-order chi connectivity index (χ0) is 19.2. The van der Waals surface area contributed by atoms with Crippen LogP contribution in [0.4, 0.5) is 0 Å². The van der Waals surface area contributed by atoms with Crippen molar-refractivity contribution < 1.29 is 19.4 Å². The summed E-state index contributed by atoms with van der Waals surface area (Å²) in [6, 6.07) is 0. The van der Waals surface area contributed by atoms with Gasteiger partial charge < -0.3 is 14.6 Å². The molecule has 0 spiro atoms. The van der Waals surface area contributed by atoms with Crippen LogP contribution in [0.25, 0.3) is 0 Å². The smallest absolute Gasteiger partial charge is 0.184 e. The number of aliphatic hydroxyl groups excluding tert-OH is 1. The van der Waals surface area contributed by atoms with Crippen LogP contribution in [0, 0.1) is 28.6 Å². The molecule has 6 atom stereocenters. The van der Waals surface area contributed by atoms with Crippen LogP contribution in [-0.2, 0) is 14.3 Å². The number of methoxy groups -OCH3 is 1. The molecule has 4 rings (SSSR count). The Bertz CT molecular complexity index is 665. The number of aliphatic hydroxyl groups is 1. The van der Waals surface area contributed by atoms with Crippen molar-refractivity contribution in [3.63, 3.8) is 0 Å². The van der Waals surface area contributed by atoms with Crippen LogP contribution in [0.5, 0.6) is 0 Å². The first-order chi connectivity index (χ1) is 12.9. The van der Waals surface area contributed by atoms with Gasteiger partial charge >= 0.3 is 0 Å². The Labute approximate surface area is 163 Å². The van der Waals surface area contributed by atoms with E-state index in [2.05, 4.69) is 26.0 Å². The molecule has 0 radical (unpaired) electrons. The van der Waals surface area contributed by atoms with Crippen molar-refractivity contribution in [1.29, 1.82) is 0 Å². The van der Waals surface area contributed by atoms with Gasteiger partial charge in [-0.25, -0.2) is 0 Å². The van der Waals surface area contributed by atoms with E-state index in [0.29, 0.717) is 24.5 Å². The number of ketones is 1. The monoisotopic (exact) mass is 374 g/mol. The molecule has 2 fully saturated rings. The van der Waals surface area contributed by atoms with E-state index in [4.69, 9.17) is 9.47 Å². The van der Waals surface area contributed by atoms with Crippen molar-refractivity contribution in [1.82, 2.24) is 0 Å².